The third-order valence-electron chi connectivity index (χ3n) is 9.75. The fourth-order valence-corrected chi connectivity index (χ4v) is 7.19. The summed E-state index contributed by atoms with van der Waals surface area (Å²) < 4.78 is 8.39. The van der Waals surface area contributed by atoms with Crippen LogP contribution in [0, 0.1) is 0 Å². The highest BCUT2D eigenvalue weighted by Crippen LogP contribution is 2.42. The average molecular weight is 662 g/mol. The van der Waals surface area contributed by atoms with Crippen LogP contribution in [0.2, 0.25) is 0 Å². The highest BCUT2D eigenvalue weighted by Gasteiger charge is 2.24. The molecular weight excluding hydrogens is 627 g/mol. The Bertz CT molecular complexity index is 2750. The zero-order valence-corrected chi connectivity index (χ0v) is 28.6. The van der Waals surface area contributed by atoms with Gasteiger partial charge in [0.2, 0.25) is 0 Å². The third-order valence-corrected chi connectivity index (χ3v) is 9.75. The summed E-state index contributed by atoms with van der Waals surface area (Å²) in [5.74, 6) is 0.848. The Balaban J connectivity index is 1.30. The minimum absolute atomic E-state index is 0.0420. The van der Waals surface area contributed by atoms with Gasteiger partial charge >= 0.3 is 0 Å². The first-order chi connectivity index (χ1) is 24.8. The van der Waals surface area contributed by atoms with Crippen molar-refractivity contribution >= 4 is 33.0 Å². The molecule has 0 saturated heterocycles. The summed E-state index contributed by atoms with van der Waals surface area (Å²) >= 11 is 0. The number of aromatic hydroxyl groups is 1. The summed E-state index contributed by atoms with van der Waals surface area (Å²) in [6.07, 6.45) is 1.81. The Hall–Kier alpha value is -6.46. The fraction of sp³-hybridized carbons (Fsp3) is 0.0870. The number of hydrogen-bond acceptors (Lipinski definition) is 4. The maximum Gasteiger partial charge on any atom is 0.149 e. The van der Waals surface area contributed by atoms with Gasteiger partial charge in [-0.15, -0.1) is 0 Å². The lowest BCUT2D eigenvalue weighted by molar-refractivity contribution is 0.477. The monoisotopic (exact) mass is 661 g/mol. The van der Waals surface area contributed by atoms with E-state index in [1.165, 1.54) is 5.56 Å². The second-order valence-corrected chi connectivity index (χ2v) is 14.0. The van der Waals surface area contributed by atoms with E-state index in [9.17, 15) is 5.11 Å². The second-order valence-electron chi connectivity index (χ2n) is 14.0. The quantitative estimate of drug-likeness (QED) is 0.199. The van der Waals surface area contributed by atoms with E-state index >= 15 is 0 Å². The largest absolute Gasteiger partial charge is 0.507 e. The number of rotatable bonds is 5. The van der Waals surface area contributed by atoms with E-state index in [-0.39, 0.29) is 11.2 Å². The fourth-order valence-electron chi connectivity index (χ4n) is 7.19. The summed E-state index contributed by atoms with van der Waals surface area (Å²) in [5.41, 5.74) is 12.4. The van der Waals surface area contributed by atoms with Gasteiger partial charge in [0.15, 0.2) is 0 Å². The Labute approximate surface area is 296 Å². The van der Waals surface area contributed by atoms with E-state index in [1.54, 1.807) is 6.07 Å². The lowest BCUT2D eigenvalue weighted by Crippen LogP contribution is -2.12. The number of imidazole rings is 1. The molecule has 3 heterocycles. The van der Waals surface area contributed by atoms with Crippen molar-refractivity contribution in [1.82, 2.24) is 14.5 Å². The summed E-state index contributed by atoms with van der Waals surface area (Å²) in [6.45, 7) is 6.71. The number of furan rings is 1. The van der Waals surface area contributed by atoms with Gasteiger partial charge in [-0.2, -0.15) is 0 Å². The van der Waals surface area contributed by atoms with E-state index in [0.717, 1.165) is 72.2 Å². The first kappa shape index (κ1) is 30.6. The molecule has 9 aromatic rings. The number of pyridine rings is 1. The van der Waals surface area contributed by atoms with Gasteiger partial charge in [0.05, 0.1) is 33.4 Å². The highest BCUT2D eigenvalue weighted by atomic mass is 16.3. The number of benzene rings is 6. The van der Waals surface area contributed by atoms with E-state index in [1.807, 2.05) is 54.7 Å². The van der Waals surface area contributed by atoms with Crippen molar-refractivity contribution in [2.45, 2.75) is 26.2 Å². The molecule has 9 rings (SSSR count). The Kier molecular flexibility index (Phi) is 7.11. The number of para-hydroxylation sites is 3. The van der Waals surface area contributed by atoms with E-state index in [2.05, 4.69) is 116 Å². The topological polar surface area (TPSA) is 64.1 Å². The highest BCUT2D eigenvalue weighted by molar-refractivity contribution is 6.11. The van der Waals surface area contributed by atoms with Crippen LogP contribution >= 0.6 is 0 Å². The molecule has 0 radical (unpaired) electrons. The first-order valence-electron chi connectivity index (χ1n) is 17.2. The van der Waals surface area contributed by atoms with Crippen molar-refractivity contribution in [3.05, 3.63) is 157 Å². The molecule has 0 saturated carbocycles. The van der Waals surface area contributed by atoms with Gasteiger partial charge in [-0.3, -0.25) is 9.55 Å². The molecule has 0 aliphatic rings. The standard InChI is InChI=1S/C46H35N3O2/c1-46(2,3)32-23-24-37(36(28-32)29-13-5-4-6-14-29)49-38-20-12-19-33(44(38)48-45(49)34-17-7-9-21-39(34)50)30-15-11-16-31(27-30)43-42-35-18-8-10-22-40(35)51-41(42)25-26-47-43/h4-28,50H,1-3H3. The minimum Gasteiger partial charge on any atom is -0.507 e. The maximum atomic E-state index is 11.2. The first-order valence-corrected chi connectivity index (χ1v) is 17.2. The molecule has 6 aromatic carbocycles. The van der Waals surface area contributed by atoms with Gasteiger partial charge in [-0.1, -0.05) is 118 Å². The Morgan fingerprint density at radius 2 is 1.33 bits per heavy atom. The number of aromatic nitrogens is 3. The molecule has 0 aliphatic carbocycles. The van der Waals surface area contributed by atoms with E-state index < -0.39 is 0 Å². The molecule has 1 N–H and O–H groups in total. The number of hydrogen-bond donors (Lipinski definition) is 1. The van der Waals surface area contributed by atoms with Gasteiger partial charge in [0.25, 0.3) is 0 Å². The molecule has 3 aromatic heterocycles. The van der Waals surface area contributed by atoms with Crippen molar-refractivity contribution in [3.63, 3.8) is 0 Å². The van der Waals surface area contributed by atoms with Gasteiger partial charge < -0.3 is 9.52 Å². The summed E-state index contributed by atoms with van der Waals surface area (Å²) in [7, 11) is 0. The van der Waals surface area contributed by atoms with Crippen molar-refractivity contribution < 1.29 is 9.52 Å². The molecule has 0 spiro atoms. The van der Waals surface area contributed by atoms with Crippen LogP contribution in [0.4, 0.5) is 0 Å². The summed E-state index contributed by atoms with van der Waals surface area (Å²) in [6, 6.07) is 49.5. The SMILES string of the molecule is CC(C)(C)c1ccc(-n2c(-c3ccccc3O)nc3c(-c4cccc(-c5nccc6oc7ccccc7c56)c4)cccc32)c(-c2ccccc2)c1. The van der Waals surface area contributed by atoms with E-state index in [0.29, 0.717) is 11.4 Å². The van der Waals surface area contributed by atoms with Crippen molar-refractivity contribution in [3.8, 4) is 56.3 Å². The predicted octanol–water partition coefficient (Wildman–Crippen LogP) is 12.0. The Morgan fingerprint density at radius 3 is 2.18 bits per heavy atom. The molecule has 5 nitrogen and oxygen atoms in total. The molecule has 0 unspecified atom stereocenters. The lowest BCUT2D eigenvalue weighted by Gasteiger charge is -2.23. The zero-order valence-electron chi connectivity index (χ0n) is 28.6. The van der Waals surface area contributed by atoms with Crippen LogP contribution < -0.4 is 0 Å². The third kappa shape index (κ3) is 5.17. The number of phenolic OH excluding ortho intramolecular Hbond substituents is 1. The van der Waals surface area contributed by atoms with Crippen molar-refractivity contribution in [2.75, 3.05) is 0 Å². The molecule has 0 atom stereocenters. The zero-order chi connectivity index (χ0) is 34.7. The molecule has 0 fully saturated rings. The van der Waals surface area contributed by atoms with Gasteiger partial charge in [-0.25, -0.2) is 4.98 Å². The van der Waals surface area contributed by atoms with Crippen LogP contribution in [0.3, 0.4) is 0 Å². The predicted molar refractivity (Wildman–Crippen MR) is 208 cm³/mol. The van der Waals surface area contributed by atoms with Crippen LogP contribution in [-0.4, -0.2) is 19.6 Å². The maximum absolute atomic E-state index is 11.2. The number of nitrogens with zero attached hydrogens (tertiary/aromatic N) is 3. The number of fused-ring (bicyclic) bond motifs is 4. The summed E-state index contributed by atoms with van der Waals surface area (Å²) in [5, 5.41) is 13.3. The van der Waals surface area contributed by atoms with Crippen molar-refractivity contribution in [1.29, 1.82) is 0 Å². The van der Waals surface area contributed by atoms with Crippen LogP contribution in [0.1, 0.15) is 26.3 Å². The smallest absolute Gasteiger partial charge is 0.149 e. The Morgan fingerprint density at radius 1 is 0.608 bits per heavy atom. The molecule has 246 valence electrons. The van der Waals surface area contributed by atoms with Crippen LogP contribution in [0.25, 0.3) is 83.6 Å². The van der Waals surface area contributed by atoms with Crippen molar-refractivity contribution in [2.24, 2.45) is 0 Å². The molecule has 0 amide bonds. The number of phenols is 1. The normalized spacial score (nSPS) is 11.9. The van der Waals surface area contributed by atoms with Crippen LogP contribution in [0.5, 0.6) is 5.75 Å². The molecule has 0 aliphatic heterocycles. The summed E-state index contributed by atoms with van der Waals surface area (Å²) in [4.78, 5) is 10.2. The lowest BCUT2D eigenvalue weighted by atomic mass is 9.85. The average Bonchev–Trinajstić information content (AvgIpc) is 3.74. The van der Waals surface area contributed by atoms with Gasteiger partial charge in [-0.05, 0) is 70.6 Å². The molecule has 0 bridgehead atoms. The molecular formula is C46H35N3O2. The minimum atomic E-state index is -0.0420. The van der Waals surface area contributed by atoms with Gasteiger partial charge in [0, 0.05) is 28.3 Å². The van der Waals surface area contributed by atoms with Crippen LogP contribution in [0.15, 0.2) is 156 Å². The molecule has 51 heavy (non-hydrogen) atoms. The van der Waals surface area contributed by atoms with Crippen LogP contribution in [-0.2, 0) is 5.41 Å². The van der Waals surface area contributed by atoms with E-state index in [4.69, 9.17) is 14.4 Å². The van der Waals surface area contributed by atoms with Gasteiger partial charge in [0.1, 0.15) is 22.7 Å². The second kappa shape index (κ2) is 11.9. The molecule has 5 heteroatoms.